The van der Waals surface area contributed by atoms with Crippen molar-refractivity contribution < 1.29 is 19.4 Å². The molecule has 1 saturated heterocycles. The van der Waals surface area contributed by atoms with Crippen LogP contribution in [0.4, 0.5) is 5.69 Å². The number of carbonyl (C=O) groups excluding carboxylic acids is 1. The minimum atomic E-state index is -0.0206. The van der Waals surface area contributed by atoms with Crippen molar-refractivity contribution in [2.75, 3.05) is 25.2 Å². The molecule has 30 heavy (non-hydrogen) atoms. The summed E-state index contributed by atoms with van der Waals surface area (Å²) in [6.45, 7) is 2.55. The van der Waals surface area contributed by atoms with Gasteiger partial charge in [0, 0.05) is 29.8 Å². The molecule has 6 heteroatoms. The number of likely N-dealkylation sites (tertiary alicyclic amines) is 1. The summed E-state index contributed by atoms with van der Waals surface area (Å²) < 4.78 is 10.7. The van der Waals surface area contributed by atoms with E-state index in [-0.39, 0.29) is 18.6 Å². The number of fused-ring (bicyclic) bond motifs is 2. The van der Waals surface area contributed by atoms with Crippen LogP contribution in [0.2, 0.25) is 0 Å². The van der Waals surface area contributed by atoms with Crippen LogP contribution in [0.25, 0.3) is 10.8 Å². The van der Waals surface area contributed by atoms with Crippen LogP contribution in [-0.2, 0) is 11.3 Å². The molecule has 1 amide bonds. The molecule has 3 aromatic carbocycles. The largest absolute Gasteiger partial charge is 0.508 e. The molecule has 2 aliphatic rings. The molecule has 2 heterocycles. The standard InChI is InChI=1S/C24H24N2O4/c27-21-7-5-16-3-1-2-4-19(16)20(21)14-26-11-9-17(10-12-26)24(28)25-18-6-8-22-23(13-18)30-15-29-22/h1-8,13,17,27H,9-12,14-15H2,(H,25,28). The lowest BCUT2D eigenvalue weighted by atomic mass is 9.94. The number of hydrogen-bond acceptors (Lipinski definition) is 5. The summed E-state index contributed by atoms with van der Waals surface area (Å²) >= 11 is 0. The first-order chi connectivity index (χ1) is 14.7. The van der Waals surface area contributed by atoms with Gasteiger partial charge in [-0.15, -0.1) is 0 Å². The average molecular weight is 404 g/mol. The summed E-state index contributed by atoms with van der Waals surface area (Å²) in [4.78, 5) is 15.0. The Hall–Kier alpha value is -3.25. The monoisotopic (exact) mass is 404 g/mol. The third kappa shape index (κ3) is 3.66. The number of aromatic hydroxyl groups is 1. The van der Waals surface area contributed by atoms with Crippen molar-refractivity contribution in [2.45, 2.75) is 19.4 Å². The number of nitrogens with one attached hydrogen (secondary N) is 1. The second-order valence-corrected chi connectivity index (χ2v) is 7.89. The van der Waals surface area contributed by atoms with Gasteiger partial charge in [0.2, 0.25) is 12.7 Å². The van der Waals surface area contributed by atoms with Gasteiger partial charge >= 0.3 is 0 Å². The van der Waals surface area contributed by atoms with Crippen molar-refractivity contribution in [1.29, 1.82) is 0 Å². The van der Waals surface area contributed by atoms with Crippen molar-refractivity contribution in [2.24, 2.45) is 5.92 Å². The average Bonchev–Trinajstić information content (AvgIpc) is 3.24. The Morgan fingerprint density at radius 1 is 1.03 bits per heavy atom. The van der Waals surface area contributed by atoms with Crippen molar-refractivity contribution in [3.63, 3.8) is 0 Å². The zero-order valence-corrected chi connectivity index (χ0v) is 16.6. The Labute approximate surface area is 175 Å². The van der Waals surface area contributed by atoms with Gasteiger partial charge in [0.25, 0.3) is 0 Å². The number of rotatable bonds is 4. The van der Waals surface area contributed by atoms with E-state index < -0.39 is 0 Å². The highest BCUT2D eigenvalue weighted by atomic mass is 16.7. The molecule has 6 nitrogen and oxygen atoms in total. The van der Waals surface area contributed by atoms with Crippen LogP contribution in [0.5, 0.6) is 17.2 Å². The molecule has 154 valence electrons. The number of hydrogen-bond donors (Lipinski definition) is 2. The highest BCUT2D eigenvalue weighted by Gasteiger charge is 2.26. The van der Waals surface area contributed by atoms with E-state index in [0.717, 1.165) is 48.0 Å². The smallest absolute Gasteiger partial charge is 0.231 e. The van der Waals surface area contributed by atoms with E-state index in [1.54, 1.807) is 12.1 Å². The third-order valence-electron chi connectivity index (χ3n) is 6.00. The fourth-order valence-corrected chi connectivity index (χ4v) is 4.29. The van der Waals surface area contributed by atoms with Gasteiger partial charge in [0.15, 0.2) is 11.5 Å². The van der Waals surface area contributed by atoms with E-state index in [9.17, 15) is 9.90 Å². The molecule has 1 fully saturated rings. The van der Waals surface area contributed by atoms with Gasteiger partial charge in [-0.25, -0.2) is 0 Å². The molecule has 0 bridgehead atoms. The third-order valence-corrected chi connectivity index (χ3v) is 6.00. The Balaban J connectivity index is 1.21. The van der Waals surface area contributed by atoms with E-state index in [1.165, 1.54) is 0 Å². The van der Waals surface area contributed by atoms with Gasteiger partial charge in [-0.05, 0) is 54.9 Å². The molecule has 0 aliphatic carbocycles. The highest BCUT2D eigenvalue weighted by Crippen LogP contribution is 2.35. The summed E-state index contributed by atoms with van der Waals surface area (Å²) in [6.07, 6.45) is 1.59. The molecule has 0 unspecified atom stereocenters. The Bertz CT molecular complexity index is 1090. The molecule has 2 aliphatic heterocycles. The molecule has 0 saturated carbocycles. The predicted octanol–water partition coefficient (Wildman–Crippen LogP) is 4.12. The number of piperidine rings is 1. The van der Waals surface area contributed by atoms with Crippen LogP contribution in [0.15, 0.2) is 54.6 Å². The van der Waals surface area contributed by atoms with Gasteiger partial charge in [-0.1, -0.05) is 30.3 Å². The highest BCUT2D eigenvalue weighted by molar-refractivity contribution is 5.93. The lowest BCUT2D eigenvalue weighted by Crippen LogP contribution is -2.37. The molecular weight excluding hydrogens is 380 g/mol. The van der Waals surface area contributed by atoms with Crippen LogP contribution >= 0.6 is 0 Å². The van der Waals surface area contributed by atoms with E-state index in [1.807, 2.05) is 30.3 Å². The zero-order chi connectivity index (χ0) is 20.5. The Morgan fingerprint density at radius 2 is 1.83 bits per heavy atom. The molecule has 0 aromatic heterocycles. The van der Waals surface area contributed by atoms with Gasteiger partial charge < -0.3 is 19.9 Å². The normalized spacial score (nSPS) is 16.7. The van der Waals surface area contributed by atoms with E-state index in [2.05, 4.69) is 22.3 Å². The maximum Gasteiger partial charge on any atom is 0.231 e. The van der Waals surface area contributed by atoms with Crippen molar-refractivity contribution in [3.05, 3.63) is 60.2 Å². The van der Waals surface area contributed by atoms with E-state index in [0.29, 0.717) is 23.8 Å². The van der Waals surface area contributed by atoms with Crippen LogP contribution in [0.1, 0.15) is 18.4 Å². The van der Waals surface area contributed by atoms with E-state index in [4.69, 9.17) is 9.47 Å². The van der Waals surface area contributed by atoms with Crippen molar-refractivity contribution in [3.8, 4) is 17.2 Å². The van der Waals surface area contributed by atoms with Crippen LogP contribution in [-0.4, -0.2) is 35.8 Å². The van der Waals surface area contributed by atoms with Crippen molar-refractivity contribution >= 4 is 22.4 Å². The fraction of sp³-hybridized carbons (Fsp3) is 0.292. The number of carbonyl (C=O) groups is 1. The first-order valence-corrected chi connectivity index (χ1v) is 10.3. The number of ether oxygens (including phenoxy) is 2. The van der Waals surface area contributed by atoms with Crippen molar-refractivity contribution in [1.82, 2.24) is 4.90 Å². The number of benzene rings is 3. The molecule has 3 aromatic rings. The molecule has 0 atom stereocenters. The Morgan fingerprint density at radius 3 is 2.70 bits per heavy atom. The van der Waals surface area contributed by atoms with Crippen LogP contribution in [0, 0.1) is 5.92 Å². The summed E-state index contributed by atoms with van der Waals surface area (Å²) in [5.41, 5.74) is 1.68. The lowest BCUT2D eigenvalue weighted by molar-refractivity contribution is -0.121. The summed E-state index contributed by atoms with van der Waals surface area (Å²) in [7, 11) is 0. The molecule has 0 radical (unpaired) electrons. The number of anilines is 1. The first kappa shape index (κ1) is 18.8. The lowest BCUT2D eigenvalue weighted by Gasteiger charge is -2.31. The van der Waals surface area contributed by atoms with Gasteiger partial charge in [-0.2, -0.15) is 0 Å². The van der Waals surface area contributed by atoms with Crippen LogP contribution in [0.3, 0.4) is 0 Å². The first-order valence-electron chi connectivity index (χ1n) is 10.3. The quantitative estimate of drug-likeness (QED) is 0.684. The predicted molar refractivity (Wildman–Crippen MR) is 115 cm³/mol. The summed E-state index contributed by atoms with van der Waals surface area (Å²) in [5.74, 6) is 1.72. The van der Waals surface area contributed by atoms with Gasteiger partial charge in [0.05, 0.1) is 0 Å². The number of phenolic OH excluding ortho intramolecular Hbond substituents is 1. The summed E-state index contributed by atoms with van der Waals surface area (Å²) in [6, 6.07) is 17.3. The maximum atomic E-state index is 12.7. The number of amides is 1. The SMILES string of the molecule is O=C(Nc1ccc2c(c1)OCO2)C1CCN(Cc2c(O)ccc3ccccc23)CC1. The molecule has 0 spiro atoms. The summed E-state index contributed by atoms with van der Waals surface area (Å²) in [5, 5.41) is 15.6. The molecule has 5 rings (SSSR count). The fourth-order valence-electron chi connectivity index (χ4n) is 4.29. The zero-order valence-electron chi connectivity index (χ0n) is 16.6. The second-order valence-electron chi connectivity index (χ2n) is 7.89. The van der Waals surface area contributed by atoms with Gasteiger partial charge in [-0.3, -0.25) is 9.69 Å². The Kier molecular flexibility index (Phi) is 4.93. The maximum absolute atomic E-state index is 12.7. The van der Waals surface area contributed by atoms with Gasteiger partial charge in [0.1, 0.15) is 5.75 Å². The second kappa shape index (κ2) is 7.88. The molecule has 2 N–H and O–H groups in total. The molecular formula is C24H24N2O4. The minimum Gasteiger partial charge on any atom is -0.508 e. The number of phenols is 1. The van der Waals surface area contributed by atoms with E-state index >= 15 is 0 Å². The number of nitrogens with zero attached hydrogens (tertiary/aromatic N) is 1. The topological polar surface area (TPSA) is 71.0 Å². The minimum absolute atomic E-state index is 0.0206. The van der Waals surface area contributed by atoms with Crippen LogP contribution < -0.4 is 14.8 Å².